The average Bonchev–Trinajstić information content (AvgIpc) is 2.41. The van der Waals surface area contributed by atoms with Crippen LogP contribution in [0.5, 0.6) is 17.8 Å². The van der Waals surface area contributed by atoms with Crippen molar-refractivity contribution in [1.29, 1.82) is 0 Å². The van der Waals surface area contributed by atoms with Gasteiger partial charge in [-0.25, -0.2) is 4.98 Å². The first-order valence-electron chi connectivity index (χ1n) is 9.32. The smallest absolute Gasteiger partial charge is 0.308 e. The molecule has 0 aliphatic heterocycles. The van der Waals surface area contributed by atoms with Crippen molar-refractivity contribution in [3.05, 3.63) is 5.69 Å². The molecule has 0 fully saturated rings. The summed E-state index contributed by atoms with van der Waals surface area (Å²) in [6.07, 6.45) is 0.711. The van der Waals surface area contributed by atoms with E-state index in [2.05, 4.69) is 73.9 Å². The molecule has 10 heteroatoms. The zero-order valence-corrected chi connectivity index (χ0v) is 21.2. The lowest BCUT2D eigenvalue weighted by Gasteiger charge is -2.23. The fourth-order valence-electron chi connectivity index (χ4n) is 2.21. The summed E-state index contributed by atoms with van der Waals surface area (Å²) in [6.45, 7) is 21.0. The van der Waals surface area contributed by atoms with E-state index in [0.717, 1.165) is 5.69 Å². The van der Waals surface area contributed by atoms with Crippen molar-refractivity contribution >= 4 is 36.1 Å². The first kappa shape index (κ1) is 21.8. The Morgan fingerprint density at radius 3 is 1.63 bits per heavy atom. The highest BCUT2D eigenvalue weighted by Gasteiger charge is 2.26. The topological polar surface area (TPSA) is 79.3 Å². The van der Waals surface area contributed by atoms with Crippen LogP contribution in [-0.4, -0.2) is 44.9 Å². The first-order valence-corrected chi connectivity index (χ1v) is 19.5. The van der Waals surface area contributed by atoms with Gasteiger partial charge in [0.15, 0.2) is 11.2 Å². The van der Waals surface area contributed by atoms with Gasteiger partial charge in [-0.3, -0.25) is 0 Å². The number of hydrogen-bond acceptors (Lipinski definition) is 7. The summed E-state index contributed by atoms with van der Waals surface area (Å²) in [7, 11) is -5.61. The average molecular weight is 425 g/mol. The second-order valence-corrected chi connectivity index (χ2v) is 22.7. The third kappa shape index (κ3) is 6.54. The largest absolute Gasteiger partial charge is 0.530 e. The Morgan fingerprint density at radius 1 is 0.630 bits per heavy atom. The van der Waals surface area contributed by atoms with Gasteiger partial charge in [-0.2, -0.15) is 15.0 Å². The van der Waals surface area contributed by atoms with Crippen molar-refractivity contribution in [3.63, 3.8) is 0 Å². The molecule has 0 unspecified atom stereocenters. The maximum absolute atomic E-state index is 6.20. The maximum atomic E-state index is 6.20. The van der Waals surface area contributed by atoms with Gasteiger partial charge in [0.2, 0.25) is 36.7 Å². The molecule has 0 N–H and O–H groups in total. The maximum Gasteiger partial charge on any atom is 0.308 e. The third-order valence-electron chi connectivity index (χ3n) is 3.05. The standard InChI is InChI=1S/C17H32N4O3Si3/c1-11-12-15(22-25(2,3)4)19-14-13(18-12)16(23-26(5,6)7)21-17(20-14)24-27(8,9)10/h11H2,1-10H3. The van der Waals surface area contributed by atoms with Crippen LogP contribution in [0.4, 0.5) is 0 Å². The molecule has 150 valence electrons. The summed E-state index contributed by atoms with van der Waals surface area (Å²) < 4.78 is 18.4. The second-order valence-electron chi connectivity index (χ2n) is 9.46. The van der Waals surface area contributed by atoms with Crippen molar-refractivity contribution < 1.29 is 13.3 Å². The van der Waals surface area contributed by atoms with Crippen molar-refractivity contribution in [2.45, 2.75) is 72.3 Å². The van der Waals surface area contributed by atoms with Crippen LogP contribution in [0.25, 0.3) is 11.2 Å². The Kier molecular flexibility index (Phi) is 6.02. The van der Waals surface area contributed by atoms with E-state index in [1.807, 2.05) is 6.92 Å². The molecule has 2 aromatic rings. The Bertz CT molecular complexity index is 827. The molecule has 2 rings (SSSR count). The predicted octanol–water partition coefficient (Wildman–Crippen LogP) is 4.62. The highest BCUT2D eigenvalue weighted by molar-refractivity contribution is 6.71. The lowest BCUT2D eigenvalue weighted by Crippen LogP contribution is -2.32. The number of aromatic nitrogens is 4. The molecule has 27 heavy (non-hydrogen) atoms. The van der Waals surface area contributed by atoms with Gasteiger partial charge in [0.05, 0.1) is 0 Å². The van der Waals surface area contributed by atoms with Crippen molar-refractivity contribution in [1.82, 2.24) is 19.9 Å². The molecular weight excluding hydrogens is 392 g/mol. The normalized spacial score (nSPS) is 13.0. The summed E-state index contributed by atoms with van der Waals surface area (Å²) >= 11 is 0. The molecule has 7 nitrogen and oxygen atoms in total. The van der Waals surface area contributed by atoms with Gasteiger partial charge in [-0.1, -0.05) is 6.92 Å². The summed E-state index contributed by atoms with van der Waals surface area (Å²) in [5.74, 6) is 1.01. The van der Waals surface area contributed by atoms with E-state index in [9.17, 15) is 0 Å². The molecule has 0 aromatic carbocycles. The molecule has 2 heterocycles. The van der Waals surface area contributed by atoms with Crippen LogP contribution in [0.15, 0.2) is 0 Å². The van der Waals surface area contributed by atoms with E-state index in [4.69, 9.17) is 18.3 Å². The Morgan fingerprint density at radius 2 is 1.15 bits per heavy atom. The van der Waals surface area contributed by atoms with E-state index in [1.54, 1.807) is 0 Å². The van der Waals surface area contributed by atoms with Crippen LogP contribution in [0, 0.1) is 0 Å². The van der Waals surface area contributed by atoms with Gasteiger partial charge in [0, 0.05) is 0 Å². The van der Waals surface area contributed by atoms with Crippen LogP contribution in [0.2, 0.25) is 58.9 Å². The predicted molar refractivity (Wildman–Crippen MR) is 116 cm³/mol. The Labute approximate surface area is 165 Å². The third-order valence-corrected chi connectivity index (χ3v) is 5.46. The minimum absolute atomic E-state index is 0.299. The van der Waals surface area contributed by atoms with Crippen molar-refractivity contribution in [2.24, 2.45) is 0 Å². The minimum Gasteiger partial charge on any atom is -0.530 e. The number of rotatable bonds is 7. The fourth-order valence-corrected chi connectivity index (χ4v) is 4.31. The Hall–Kier alpha value is -1.53. The molecule has 0 saturated carbocycles. The molecule has 0 aliphatic carbocycles. The number of aryl methyl sites for hydroxylation is 1. The first-order chi connectivity index (χ1) is 12.2. The van der Waals surface area contributed by atoms with Crippen LogP contribution >= 0.6 is 0 Å². The molecule has 0 atom stereocenters. The number of fused-ring (bicyclic) bond motifs is 1. The molecule has 0 saturated heterocycles. The van der Waals surface area contributed by atoms with Crippen LogP contribution in [-0.2, 0) is 6.42 Å². The highest BCUT2D eigenvalue weighted by Crippen LogP contribution is 2.29. The van der Waals surface area contributed by atoms with Gasteiger partial charge in [0.25, 0.3) is 0 Å². The lowest BCUT2D eigenvalue weighted by atomic mass is 10.3. The Balaban J connectivity index is 2.69. The zero-order valence-electron chi connectivity index (χ0n) is 18.2. The molecule has 0 spiro atoms. The van der Waals surface area contributed by atoms with E-state index >= 15 is 0 Å². The van der Waals surface area contributed by atoms with E-state index in [-0.39, 0.29) is 0 Å². The highest BCUT2D eigenvalue weighted by atomic mass is 28.4. The number of nitrogens with zero attached hydrogens (tertiary/aromatic N) is 4. The minimum atomic E-state index is -1.90. The van der Waals surface area contributed by atoms with Gasteiger partial charge >= 0.3 is 6.01 Å². The van der Waals surface area contributed by atoms with Gasteiger partial charge in [-0.05, 0) is 65.3 Å². The monoisotopic (exact) mass is 424 g/mol. The number of hydrogen-bond donors (Lipinski definition) is 0. The second kappa shape index (κ2) is 7.47. The SMILES string of the molecule is CCc1nc2c(O[Si](C)(C)C)nc(O[Si](C)(C)C)nc2nc1O[Si](C)(C)C. The van der Waals surface area contributed by atoms with Crippen LogP contribution in [0.1, 0.15) is 12.6 Å². The summed E-state index contributed by atoms with van der Waals surface area (Å²) in [5.41, 5.74) is 1.82. The van der Waals surface area contributed by atoms with Crippen molar-refractivity contribution in [3.8, 4) is 17.8 Å². The zero-order chi connectivity index (χ0) is 20.6. The van der Waals surface area contributed by atoms with Crippen LogP contribution in [0.3, 0.4) is 0 Å². The van der Waals surface area contributed by atoms with E-state index in [1.165, 1.54) is 0 Å². The molecule has 2 aromatic heterocycles. The quantitative estimate of drug-likeness (QED) is 0.600. The van der Waals surface area contributed by atoms with E-state index < -0.39 is 25.0 Å². The summed E-state index contributed by atoms with van der Waals surface area (Å²) in [4.78, 5) is 18.5. The van der Waals surface area contributed by atoms with Gasteiger partial charge < -0.3 is 13.3 Å². The molecular formula is C17H32N4O3Si3. The summed E-state index contributed by atoms with van der Waals surface area (Å²) in [6, 6.07) is 0.299. The van der Waals surface area contributed by atoms with Gasteiger partial charge in [-0.15, -0.1) is 0 Å². The molecule has 0 amide bonds. The van der Waals surface area contributed by atoms with Crippen LogP contribution < -0.4 is 13.3 Å². The molecule has 0 aliphatic rings. The van der Waals surface area contributed by atoms with E-state index in [0.29, 0.717) is 35.4 Å². The van der Waals surface area contributed by atoms with Crippen molar-refractivity contribution in [2.75, 3.05) is 0 Å². The van der Waals surface area contributed by atoms with Gasteiger partial charge in [0.1, 0.15) is 5.69 Å². The molecule has 0 radical (unpaired) electrons. The lowest BCUT2D eigenvalue weighted by molar-refractivity contribution is 0.479. The fraction of sp³-hybridized carbons (Fsp3) is 0.647. The summed E-state index contributed by atoms with van der Waals surface area (Å²) in [5, 5.41) is 0. The molecule has 0 bridgehead atoms.